The van der Waals surface area contributed by atoms with Gasteiger partial charge in [-0.2, -0.15) is 0 Å². The molecule has 2 aromatic rings. The summed E-state index contributed by atoms with van der Waals surface area (Å²) in [5, 5.41) is 3.63. The van der Waals surface area contributed by atoms with Crippen LogP contribution in [-0.2, 0) is 6.42 Å². The summed E-state index contributed by atoms with van der Waals surface area (Å²) in [7, 11) is 0. The van der Waals surface area contributed by atoms with Gasteiger partial charge in [-0.3, -0.25) is 15.6 Å². The van der Waals surface area contributed by atoms with Gasteiger partial charge in [0.05, 0.1) is 5.70 Å². The molecule has 116 valence electrons. The molecule has 23 heavy (non-hydrogen) atoms. The molecule has 0 aromatic heterocycles. The lowest BCUT2D eigenvalue weighted by Gasteiger charge is -2.13. The van der Waals surface area contributed by atoms with Crippen LogP contribution in [0, 0.1) is 0 Å². The van der Waals surface area contributed by atoms with E-state index in [4.69, 9.17) is 12.2 Å². The van der Waals surface area contributed by atoms with Crippen LogP contribution in [0.3, 0.4) is 0 Å². The summed E-state index contributed by atoms with van der Waals surface area (Å²) in [5.74, 6) is 0.00727. The Hall–Kier alpha value is -2.66. The van der Waals surface area contributed by atoms with E-state index in [9.17, 15) is 4.79 Å². The highest BCUT2D eigenvalue weighted by Gasteiger charge is 2.20. The molecule has 3 rings (SSSR count). The lowest BCUT2D eigenvalue weighted by Crippen LogP contribution is -2.43. The maximum atomic E-state index is 11.9. The van der Waals surface area contributed by atoms with Crippen molar-refractivity contribution in [3.63, 3.8) is 0 Å². The second kappa shape index (κ2) is 7.07. The van der Waals surface area contributed by atoms with Crippen LogP contribution in [0.1, 0.15) is 21.5 Å². The number of hydrazine groups is 1. The molecular formula is C18H17N3OS. The van der Waals surface area contributed by atoms with Crippen molar-refractivity contribution in [1.82, 2.24) is 16.2 Å². The summed E-state index contributed by atoms with van der Waals surface area (Å²) in [6, 6.07) is 17.7. The van der Waals surface area contributed by atoms with Crippen molar-refractivity contribution in [2.75, 3.05) is 6.54 Å². The van der Waals surface area contributed by atoms with Gasteiger partial charge in [-0.15, -0.1) is 0 Å². The zero-order chi connectivity index (χ0) is 16.1. The smallest absolute Gasteiger partial charge is 0.188 e. The summed E-state index contributed by atoms with van der Waals surface area (Å²) in [4.78, 5) is 11.9. The maximum Gasteiger partial charge on any atom is 0.188 e. The van der Waals surface area contributed by atoms with Crippen molar-refractivity contribution in [3.05, 3.63) is 77.4 Å². The highest BCUT2D eigenvalue weighted by molar-refractivity contribution is 7.80. The molecule has 2 aromatic carbocycles. The van der Waals surface area contributed by atoms with Crippen molar-refractivity contribution < 1.29 is 4.79 Å². The van der Waals surface area contributed by atoms with Crippen LogP contribution in [0.2, 0.25) is 0 Å². The molecule has 0 heterocycles. The monoisotopic (exact) mass is 323 g/mol. The van der Waals surface area contributed by atoms with Crippen LogP contribution in [0.25, 0.3) is 5.70 Å². The number of thiocarbonyl (C=S) groups is 1. The lowest BCUT2D eigenvalue weighted by atomic mass is 10.1. The molecule has 1 aliphatic carbocycles. The van der Waals surface area contributed by atoms with Gasteiger partial charge in [-0.1, -0.05) is 54.6 Å². The molecule has 4 nitrogen and oxygen atoms in total. The first-order chi connectivity index (χ1) is 11.2. The molecule has 0 saturated carbocycles. The van der Waals surface area contributed by atoms with E-state index in [-0.39, 0.29) is 5.78 Å². The summed E-state index contributed by atoms with van der Waals surface area (Å²) in [6.07, 6.45) is 2.47. The Morgan fingerprint density at radius 1 is 0.957 bits per heavy atom. The maximum absolute atomic E-state index is 11.9. The molecule has 0 bridgehead atoms. The first-order valence-corrected chi connectivity index (χ1v) is 7.84. The Morgan fingerprint density at radius 3 is 2.43 bits per heavy atom. The Kier molecular flexibility index (Phi) is 4.68. The minimum Gasteiger partial charge on any atom is -0.361 e. The number of benzene rings is 2. The highest BCUT2D eigenvalue weighted by Crippen LogP contribution is 2.24. The van der Waals surface area contributed by atoms with Crippen LogP contribution in [0.15, 0.2) is 60.7 Å². The summed E-state index contributed by atoms with van der Waals surface area (Å²) in [6.45, 7) is 0.742. The highest BCUT2D eigenvalue weighted by atomic mass is 32.1. The van der Waals surface area contributed by atoms with Gasteiger partial charge in [0.1, 0.15) is 0 Å². The zero-order valence-corrected chi connectivity index (χ0v) is 13.3. The number of hydrogen-bond acceptors (Lipinski definition) is 3. The predicted octanol–water partition coefficient (Wildman–Crippen LogP) is 2.44. The van der Waals surface area contributed by atoms with Crippen molar-refractivity contribution >= 4 is 28.8 Å². The van der Waals surface area contributed by atoms with Crippen LogP contribution in [0.4, 0.5) is 0 Å². The van der Waals surface area contributed by atoms with E-state index >= 15 is 0 Å². The lowest BCUT2D eigenvalue weighted by molar-refractivity contribution is 0.105. The number of rotatable bonds is 5. The van der Waals surface area contributed by atoms with Gasteiger partial charge in [0.25, 0.3) is 0 Å². The number of carbonyl (C=O) groups excluding carboxylic acids is 1. The van der Waals surface area contributed by atoms with Crippen LogP contribution >= 0.6 is 12.2 Å². The van der Waals surface area contributed by atoms with E-state index in [1.165, 1.54) is 5.56 Å². The number of allylic oxidation sites excluding steroid dienone is 1. The van der Waals surface area contributed by atoms with E-state index in [1.54, 1.807) is 6.08 Å². The normalized spacial score (nSPS) is 12.3. The fourth-order valence-electron chi connectivity index (χ4n) is 2.46. The quantitative estimate of drug-likeness (QED) is 0.583. The van der Waals surface area contributed by atoms with Gasteiger partial charge >= 0.3 is 0 Å². The van der Waals surface area contributed by atoms with Gasteiger partial charge < -0.3 is 5.32 Å². The van der Waals surface area contributed by atoms with E-state index in [2.05, 4.69) is 28.3 Å². The number of fused-ring (bicyclic) bond motifs is 1. The Labute approximate surface area is 140 Å². The summed E-state index contributed by atoms with van der Waals surface area (Å²) < 4.78 is 0. The minimum atomic E-state index is 0.00727. The third-order valence-electron chi connectivity index (χ3n) is 3.61. The van der Waals surface area contributed by atoms with Gasteiger partial charge in [0, 0.05) is 23.7 Å². The number of nitrogens with one attached hydrogen (secondary N) is 3. The molecule has 0 amide bonds. The molecule has 0 atom stereocenters. The Morgan fingerprint density at radius 2 is 1.65 bits per heavy atom. The molecule has 5 heteroatoms. The Bertz CT molecular complexity index is 756. The fourth-order valence-corrected chi connectivity index (χ4v) is 2.61. The summed E-state index contributed by atoms with van der Waals surface area (Å²) in [5.41, 5.74) is 9.51. The molecule has 3 N–H and O–H groups in total. The second-order valence-corrected chi connectivity index (χ2v) is 5.62. The topological polar surface area (TPSA) is 53.2 Å². The first-order valence-electron chi connectivity index (χ1n) is 7.43. The van der Waals surface area contributed by atoms with E-state index in [0.29, 0.717) is 10.7 Å². The zero-order valence-electron chi connectivity index (χ0n) is 12.5. The van der Waals surface area contributed by atoms with Crippen LogP contribution < -0.4 is 16.2 Å². The molecule has 0 aliphatic heterocycles. The fraction of sp³-hybridized carbons (Fsp3) is 0.111. The molecule has 0 fully saturated rings. The predicted molar refractivity (Wildman–Crippen MR) is 95.8 cm³/mol. The molecule has 0 radical (unpaired) electrons. The summed E-state index contributed by atoms with van der Waals surface area (Å²) >= 11 is 5.24. The van der Waals surface area contributed by atoms with Gasteiger partial charge in [0.2, 0.25) is 0 Å². The first kappa shape index (κ1) is 15.2. The number of ketones is 1. The number of hydrogen-bond donors (Lipinski definition) is 3. The average molecular weight is 323 g/mol. The van der Waals surface area contributed by atoms with Gasteiger partial charge in [-0.05, 0) is 24.2 Å². The van der Waals surface area contributed by atoms with E-state index in [1.807, 2.05) is 42.5 Å². The standard InChI is InChI=1S/C18H17N3OS/c22-17-12-16(14-8-4-5-9-15(14)17)20-21-18(23)19-11-10-13-6-2-1-3-7-13/h1-9,12,20H,10-11H2,(H2,19,21,23). The molecule has 1 aliphatic rings. The van der Waals surface area contributed by atoms with Crippen molar-refractivity contribution in [2.24, 2.45) is 0 Å². The third kappa shape index (κ3) is 3.76. The van der Waals surface area contributed by atoms with E-state index in [0.717, 1.165) is 24.2 Å². The van der Waals surface area contributed by atoms with E-state index < -0.39 is 0 Å². The Balaban J connectivity index is 1.47. The number of carbonyl (C=O) groups is 1. The van der Waals surface area contributed by atoms with Gasteiger partial charge in [0.15, 0.2) is 10.9 Å². The molecular weight excluding hydrogens is 306 g/mol. The van der Waals surface area contributed by atoms with Crippen molar-refractivity contribution in [3.8, 4) is 0 Å². The molecule has 0 unspecified atom stereocenters. The molecule has 0 saturated heterocycles. The molecule has 0 spiro atoms. The van der Waals surface area contributed by atoms with Crippen LogP contribution in [-0.4, -0.2) is 17.4 Å². The van der Waals surface area contributed by atoms with Crippen molar-refractivity contribution in [1.29, 1.82) is 0 Å². The average Bonchev–Trinajstić information content (AvgIpc) is 2.91. The SMILES string of the molecule is O=C1C=C(NNC(=S)NCCc2ccccc2)c2ccccc21. The van der Waals surface area contributed by atoms with Crippen molar-refractivity contribution in [2.45, 2.75) is 6.42 Å². The van der Waals surface area contributed by atoms with Crippen LogP contribution in [0.5, 0.6) is 0 Å². The second-order valence-electron chi connectivity index (χ2n) is 5.21. The van der Waals surface area contributed by atoms with Gasteiger partial charge in [-0.25, -0.2) is 0 Å². The largest absolute Gasteiger partial charge is 0.361 e. The third-order valence-corrected chi connectivity index (χ3v) is 3.86. The minimum absolute atomic E-state index is 0.00727.